The largest absolute Gasteiger partial charge is 0.481 e. The Morgan fingerprint density at radius 3 is 2.65 bits per heavy atom. The van der Waals surface area contributed by atoms with Crippen LogP contribution in [-0.2, 0) is 11.2 Å². The van der Waals surface area contributed by atoms with Gasteiger partial charge in [-0.3, -0.25) is 10.1 Å². The van der Waals surface area contributed by atoms with E-state index < -0.39 is 6.10 Å². The van der Waals surface area contributed by atoms with Crippen molar-refractivity contribution in [1.82, 2.24) is 10.2 Å². The first-order valence-corrected chi connectivity index (χ1v) is 9.41. The van der Waals surface area contributed by atoms with Crippen molar-refractivity contribution in [2.45, 2.75) is 26.4 Å². The van der Waals surface area contributed by atoms with Gasteiger partial charge in [-0.2, -0.15) is 0 Å². The maximum atomic E-state index is 12.4. The SMILES string of the molecule is CCc1ccccc1O[C@H](C)C(=O)Nc1nnc(-c2ccc(Cl)cc2)s1. The van der Waals surface area contributed by atoms with Crippen LogP contribution in [0.5, 0.6) is 5.75 Å². The zero-order valence-electron chi connectivity index (χ0n) is 14.4. The van der Waals surface area contributed by atoms with E-state index in [1.807, 2.05) is 43.3 Å². The van der Waals surface area contributed by atoms with Gasteiger partial charge in [0.1, 0.15) is 10.8 Å². The maximum absolute atomic E-state index is 12.4. The zero-order valence-corrected chi connectivity index (χ0v) is 16.0. The second-order valence-corrected chi connectivity index (χ2v) is 7.04. The van der Waals surface area contributed by atoms with E-state index in [4.69, 9.17) is 16.3 Å². The number of carbonyl (C=O) groups is 1. The minimum absolute atomic E-state index is 0.269. The number of anilines is 1. The molecule has 1 N–H and O–H groups in total. The van der Waals surface area contributed by atoms with E-state index in [1.54, 1.807) is 19.1 Å². The Kier molecular flexibility index (Phi) is 5.85. The molecular formula is C19H18ClN3O2S. The molecule has 0 saturated carbocycles. The molecule has 1 aromatic heterocycles. The molecule has 0 spiro atoms. The zero-order chi connectivity index (χ0) is 18.5. The van der Waals surface area contributed by atoms with Gasteiger partial charge in [0.25, 0.3) is 5.91 Å². The second-order valence-electron chi connectivity index (χ2n) is 5.63. The predicted octanol–water partition coefficient (Wildman–Crippen LogP) is 4.83. The van der Waals surface area contributed by atoms with Gasteiger partial charge in [0.05, 0.1) is 0 Å². The normalized spacial score (nSPS) is 11.8. The number of benzene rings is 2. The average Bonchev–Trinajstić information content (AvgIpc) is 3.11. The molecule has 0 radical (unpaired) electrons. The first kappa shape index (κ1) is 18.4. The van der Waals surface area contributed by atoms with Crippen molar-refractivity contribution >= 4 is 34.0 Å². The number of carbonyl (C=O) groups excluding carboxylic acids is 1. The summed E-state index contributed by atoms with van der Waals surface area (Å²) in [5.74, 6) is 0.450. The molecule has 3 aromatic rings. The maximum Gasteiger partial charge on any atom is 0.266 e. The molecule has 0 saturated heterocycles. The van der Waals surface area contributed by atoms with Crippen molar-refractivity contribution < 1.29 is 9.53 Å². The summed E-state index contributed by atoms with van der Waals surface area (Å²) in [6.45, 7) is 3.76. The van der Waals surface area contributed by atoms with Gasteiger partial charge < -0.3 is 4.74 Å². The van der Waals surface area contributed by atoms with Gasteiger partial charge in [0.2, 0.25) is 5.13 Å². The van der Waals surface area contributed by atoms with Crippen LogP contribution in [0.15, 0.2) is 48.5 Å². The van der Waals surface area contributed by atoms with Crippen LogP contribution >= 0.6 is 22.9 Å². The lowest BCUT2D eigenvalue weighted by Crippen LogP contribution is -2.30. The van der Waals surface area contributed by atoms with E-state index in [0.717, 1.165) is 23.3 Å². The van der Waals surface area contributed by atoms with E-state index in [9.17, 15) is 4.79 Å². The molecule has 1 heterocycles. The van der Waals surface area contributed by atoms with Gasteiger partial charge >= 0.3 is 0 Å². The van der Waals surface area contributed by atoms with Crippen LogP contribution in [0, 0.1) is 0 Å². The van der Waals surface area contributed by atoms with Crippen molar-refractivity contribution in [2.24, 2.45) is 0 Å². The molecule has 7 heteroatoms. The summed E-state index contributed by atoms with van der Waals surface area (Å²) in [4.78, 5) is 12.4. The number of ether oxygens (including phenoxy) is 1. The summed E-state index contributed by atoms with van der Waals surface area (Å²) in [5, 5.41) is 12.7. The Morgan fingerprint density at radius 1 is 1.19 bits per heavy atom. The Hall–Kier alpha value is -2.44. The lowest BCUT2D eigenvalue weighted by Gasteiger charge is -2.15. The van der Waals surface area contributed by atoms with Gasteiger partial charge in [0.15, 0.2) is 6.10 Å². The third-order valence-corrected chi connectivity index (χ3v) is 4.91. The molecule has 1 atom stereocenters. The second kappa shape index (κ2) is 8.29. The topological polar surface area (TPSA) is 64.1 Å². The van der Waals surface area contributed by atoms with Crippen molar-refractivity contribution in [3.8, 4) is 16.3 Å². The van der Waals surface area contributed by atoms with Crippen molar-refractivity contribution in [2.75, 3.05) is 5.32 Å². The van der Waals surface area contributed by atoms with Crippen LogP contribution in [-0.4, -0.2) is 22.2 Å². The average molecular weight is 388 g/mol. The number of halogens is 1. The number of nitrogens with one attached hydrogen (secondary N) is 1. The first-order chi connectivity index (χ1) is 12.6. The Bertz CT molecular complexity index is 896. The molecule has 2 aromatic carbocycles. The molecule has 0 bridgehead atoms. The van der Waals surface area contributed by atoms with Gasteiger partial charge in [-0.05, 0) is 37.1 Å². The van der Waals surface area contributed by atoms with E-state index in [2.05, 4.69) is 15.5 Å². The molecule has 0 aliphatic heterocycles. The van der Waals surface area contributed by atoms with Crippen molar-refractivity contribution in [1.29, 1.82) is 0 Å². The minimum atomic E-state index is -0.648. The fourth-order valence-corrected chi connectivity index (χ4v) is 3.22. The lowest BCUT2D eigenvalue weighted by atomic mass is 10.1. The third kappa shape index (κ3) is 4.39. The molecule has 3 rings (SSSR count). The number of hydrogen-bond acceptors (Lipinski definition) is 5. The Labute approximate surface area is 161 Å². The monoisotopic (exact) mass is 387 g/mol. The molecule has 0 fully saturated rings. The smallest absolute Gasteiger partial charge is 0.266 e. The predicted molar refractivity (Wildman–Crippen MR) is 105 cm³/mol. The van der Waals surface area contributed by atoms with Crippen molar-refractivity contribution in [3.05, 3.63) is 59.1 Å². The quantitative estimate of drug-likeness (QED) is 0.658. The van der Waals surface area contributed by atoms with Crippen LogP contribution < -0.4 is 10.1 Å². The summed E-state index contributed by atoms with van der Waals surface area (Å²) in [6, 6.07) is 15.0. The highest BCUT2D eigenvalue weighted by molar-refractivity contribution is 7.18. The first-order valence-electron chi connectivity index (χ1n) is 8.21. The highest BCUT2D eigenvalue weighted by Crippen LogP contribution is 2.27. The molecule has 0 unspecified atom stereocenters. The van der Waals surface area contributed by atoms with Crippen LogP contribution in [0.3, 0.4) is 0 Å². The fourth-order valence-electron chi connectivity index (χ4n) is 2.34. The van der Waals surface area contributed by atoms with E-state index in [-0.39, 0.29) is 5.91 Å². The Morgan fingerprint density at radius 2 is 1.92 bits per heavy atom. The summed E-state index contributed by atoms with van der Waals surface area (Å²) in [6.07, 6.45) is 0.191. The number of rotatable bonds is 6. The minimum Gasteiger partial charge on any atom is -0.481 e. The van der Waals surface area contributed by atoms with Gasteiger partial charge in [0, 0.05) is 10.6 Å². The standard InChI is InChI=1S/C19H18ClN3O2S/c1-3-13-6-4-5-7-16(13)25-12(2)17(24)21-19-23-22-18(26-19)14-8-10-15(20)11-9-14/h4-12H,3H2,1-2H3,(H,21,23,24)/t12-/m1/s1. The Balaban J connectivity index is 1.65. The van der Waals surface area contributed by atoms with Crippen LogP contribution in [0.25, 0.3) is 10.6 Å². The number of aryl methyl sites for hydroxylation is 1. The highest BCUT2D eigenvalue weighted by atomic mass is 35.5. The van der Waals surface area contributed by atoms with Gasteiger partial charge in [-0.15, -0.1) is 10.2 Å². The van der Waals surface area contributed by atoms with E-state index in [1.165, 1.54) is 11.3 Å². The highest BCUT2D eigenvalue weighted by Gasteiger charge is 2.18. The van der Waals surface area contributed by atoms with E-state index >= 15 is 0 Å². The van der Waals surface area contributed by atoms with E-state index in [0.29, 0.717) is 15.2 Å². The fraction of sp³-hybridized carbons (Fsp3) is 0.211. The summed E-state index contributed by atoms with van der Waals surface area (Å²) in [7, 11) is 0. The molecule has 1 amide bonds. The molecule has 26 heavy (non-hydrogen) atoms. The van der Waals surface area contributed by atoms with Crippen molar-refractivity contribution in [3.63, 3.8) is 0 Å². The number of hydrogen-bond donors (Lipinski definition) is 1. The van der Waals surface area contributed by atoms with Crippen LogP contribution in [0.1, 0.15) is 19.4 Å². The molecule has 134 valence electrons. The van der Waals surface area contributed by atoms with Gasteiger partial charge in [-0.25, -0.2) is 0 Å². The van der Waals surface area contributed by atoms with Crippen LogP contribution in [0.4, 0.5) is 5.13 Å². The summed E-state index contributed by atoms with van der Waals surface area (Å²) in [5.41, 5.74) is 1.96. The summed E-state index contributed by atoms with van der Waals surface area (Å²) < 4.78 is 5.80. The molecule has 5 nitrogen and oxygen atoms in total. The molecular weight excluding hydrogens is 370 g/mol. The lowest BCUT2D eigenvalue weighted by molar-refractivity contribution is -0.122. The molecule has 0 aliphatic carbocycles. The number of nitrogens with zero attached hydrogens (tertiary/aromatic N) is 2. The number of aromatic nitrogens is 2. The third-order valence-electron chi connectivity index (χ3n) is 3.77. The number of amides is 1. The number of para-hydroxylation sites is 1. The van der Waals surface area contributed by atoms with Gasteiger partial charge in [-0.1, -0.05) is 60.2 Å². The van der Waals surface area contributed by atoms with Crippen LogP contribution in [0.2, 0.25) is 5.02 Å². The molecule has 0 aliphatic rings. The summed E-state index contributed by atoms with van der Waals surface area (Å²) >= 11 is 7.19.